The van der Waals surface area contributed by atoms with Crippen LogP contribution in [0.5, 0.6) is 0 Å². The zero-order valence-corrected chi connectivity index (χ0v) is 7.99. The van der Waals surface area contributed by atoms with Crippen LogP contribution in [0.1, 0.15) is 6.42 Å². The molecule has 0 atom stereocenters. The molecular formula is C10H12O4. The molecule has 1 aliphatic heterocycles. The molecule has 1 fully saturated rings. The molecule has 0 radical (unpaired) electrons. The van der Waals surface area contributed by atoms with E-state index in [1.165, 1.54) is 13.2 Å². The number of hydrogen-bond acceptors (Lipinski definition) is 4. The van der Waals surface area contributed by atoms with Gasteiger partial charge in [0.2, 0.25) is 11.6 Å². The predicted octanol–water partition coefficient (Wildman–Crippen LogP) is 0.789. The molecule has 0 aromatic rings. The fourth-order valence-electron chi connectivity index (χ4n) is 1.48. The molecule has 0 aromatic carbocycles. The van der Waals surface area contributed by atoms with Gasteiger partial charge in [-0.1, -0.05) is 0 Å². The maximum atomic E-state index is 11.3. The van der Waals surface area contributed by atoms with Gasteiger partial charge in [0.1, 0.15) is 0 Å². The number of carbonyl (C=O) groups is 1. The highest BCUT2D eigenvalue weighted by Crippen LogP contribution is 2.27. The average Bonchev–Trinajstić information content (AvgIpc) is 2.23. The second-order valence-corrected chi connectivity index (χ2v) is 3.18. The first-order valence-electron chi connectivity index (χ1n) is 4.54. The lowest BCUT2D eigenvalue weighted by Gasteiger charge is -2.33. The van der Waals surface area contributed by atoms with Crippen molar-refractivity contribution in [2.45, 2.75) is 12.2 Å². The minimum atomic E-state index is -0.877. The molecule has 0 N–H and O–H groups in total. The molecular weight excluding hydrogens is 184 g/mol. The molecule has 1 saturated heterocycles. The van der Waals surface area contributed by atoms with Gasteiger partial charge in [0.05, 0.1) is 20.3 Å². The SMILES string of the molecule is COC1=CC2(C=CC1=O)OCCCO2. The van der Waals surface area contributed by atoms with E-state index in [2.05, 4.69) is 0 Å². The third-order valence-electron chi connectivity index (χ3n) is 2.21. The summed E-state index contributed by atoms with van der Waals surface area (Å²) in [6.45, 7) is 1.26. The summed E-state index contributed by atoms with van der Waals surface area (Å²) < 4.78 is 15.9. The van der Waals surface area contributed by atoms with Gasteiger partial charge in [0.15, 0.2) is 5.76 Å². The maximum absolute atomic E-state index is 11.3. The van der Waals surface area contributed by atoms with E-state index < -0.39 is 5.79 Å². The Kier molecular flexibility index (Phi) is 2.39. The highest BCUT2D eigenvalue weighted by atomic mass is 16.7. The molecule has 0 saturated carbocycles. The van der Waals surface area contributed by atoms with Crippen molar-refractivity contribution < 1.29 is 19.0 Å². The number of hydrogen-bond donors (Lipinski definition) is 0. The van der Waals surface area contributed by atoms with Crippen LogP contribution in [0.3, 0.4) is 0 Å². The smallest absolute Gasteiger partial charge is 0.220 e. The van der Waals surface area contributed by atoms with Crippen molar-refractivity contribution in [1.82, 2.24) is 0 Å². The van der Waals surface area contributed by atoms with Gasteiger partial charge >= 0.3 is 0 Å². The van der Waals surface area contributed by atoms with Crippen LogP contribution in [0, 0.1) is 0 Å². The first-order valence-corrected chi connectivity index (χ1v) is 4.54. The first-order chi connectivity index (χ1) is 6.76. The van der Waals surface area contributed by atoms with Crippen molar-refractivity contribution in [1.29, 1.82) is 0 Å². The summed E-state index contributed by atoms with van der Waals surface area (Å²) in [4.78, 5) is 11.3. The summed E-state index contributed by atoms with van der Waals surface area (Å²) in [6.07, 6.45) is 5.50. The molecule has 4 nitrogen and oxygen atoms in total. The number of carbonyl (C=O) groups excluding carboxylic acids is 1. The standard InChI is InChI=1S/C10H12O4/c1-12-9-7-10(4-3-8(9)11)13-5-2-6-14-10/h3-4,7H,2,5-6H2,1H3. The minimum Gasteiger partial charge on any atom is -0.493 e. The monoisotopic (exact) mass is 196 g/mol. The highest BCUT2D eigenvalue weighted by Gasteiger charge is 2.34. The fourth-order valence-corrected chi connectivity index (χ4v) is 1.48. The summed E-state index contributed by atoms with van der Waals surface area (Å²) in [5.74, 6) is -0.761. The summed E-state index contributed by atoms with van der Waals surface area (Å²) >= 11 is 0. The van der Waals surface area contributed by atoms with E-state index in [9.17, 15) is 4.79 Å². The zero-order chi connectivity index (χ0) is 10.0. The van der Waals surface area contributed by atoms with E-state index in [-0.39, 0.29) is 11.5 Å². The summed E-state index contributed by atoms with van der Waals surface area (Å²) in [6, 6.07) is 0. The van der Waals surface area contributed by atoms with Crippen molar-refractivity contribution in [2.75, 3.05) is 20.3 Å². The van der Waals surface area contributed by atoms with Gasteiger partial charge < -0.3 is 14.2 Å². The van der Waals surface area contributed by atoms with E-state index in [1.807, 2.05) is 0 Å². The van der Waals surface area contributed by atoms with Gasteiger partial charge in [-0.15, -0.1) is 0 Å². The predicted molar refractivity (Wildman–Crippen MR) is 48.5 cm³/mol. The Morgan fingerprint density at radius 3 is 2.79 bits per heavy atom. The molecule has 2 rings (SSSR count). The summed E-state index contributed by atoms with van der Waals surface area (Å²) in [7, 11) is 1.46. The van der Waals surface area contributed by atoms with Crippen molar-refractivity contribution in [2.24, 2.45) is 0 Å². The Bertz CT molecular complexity index is 297. The van der Waals surface area contributed by atoms with Crippen molar-refractivity contribution in [3.8, 4) is 0 Å². The van der Waals surface area contributed by atoms with Gasteiger partial charge in [-0.05, 0) is 18.6 Å². The number of allylic oxidation sites excluding steroid dienone is 1. The molecule has 0 amide bonds. The molecule has 0 unspecified atom stereocenters. The quantitative estimate of drug-likeness (QED) is 0.622. The van der Waals surface area contributed by atoms with Crippen molar-refractivity contribution in [3.05, 3.63) is 24.0 Å². The Morgan fingerprint density at radius 1 is 1.43 bits per heavy atom. The lowest BCUT2D eigenvalue weighted by Crippen LogP contribution is -2.39. The normalized spacial score (nSPS) is 24.9. The third-order valence-corrected chi connectivity index (χ3v) is 2.21. The lowest BCUT2D eigenvalue weighted by molar-refractivity contribution is -0.207. The Hall–Kier alpha value is -1.13. The fraction of sp³-hybridized carbons (Fsp3) is 0.500. The van der Waals surface area contributed by atoms with Crippen molar-refractivity contribution >= 4 is 5.78 Å². The van der Waals surface area contributed by atoms with E-state index in [1.54, 1.807) is 12.2 Å². The maximum Gasteiger partial charge on any atom is 0.220 e. The third kappa shape index (κ3) is 1.58. The largest absolute Gasteiger partial charge is 0.493 e. The molecule has 14 heavy (non-hydrogen) atoms. The second-order valence-electron chi connectivity index (χ2n) is 3.18. The van der Waals surface area contributed by atoms with E-state index >= 15 is 0 Å². The number of ketones is 1. The second kappa shape index (κ2) is 3.55. The zero-order valence-electron chi connectivity index (χ0n) is 7.99. The van der Waals surface area contributed by atoms with Crippen LogP contribution in [0.25, 0.3) is 0 Å². The molecule has 1 aliphatic carbocycles. The molecule has 1 heterocycles. The van der Waals surface area contributed by atoms with Crippen LogP contribution < -0.4 is 0 Å². The molecule has 0 bridgehead atoms. The molecule has 2 aliphatic rings. The van der Waals surface area contributed by atoms with Crippen LogP contribution in [-0.2, 0) is 19.0 Å². The topological polar surface area (TPSA) is 44.8 Å². The Labute approximate surface area is 82.1 Å². The van der Waals surface area contributed by atoms with Crippen LogP contribution in [0.15, 0.2) is 24.0 Å². The molecule has 0 aromatic heterocycles. The molecule has 76 valence electrons. The Balaban J connectivity index is 2.24. The van der Waals surface area contributed by atoms with Gasteiger partial charge in [-0.2, -0.15) is 0 Å². The van der Waals surface area contributed by atoms with Crippen LogP contribution in [0.2, 0.25) is 0 Å². The van der Waals surface area contributed by atoms with Crippen LogP contribution in [0.4, 0.5) is 0 Å². The minimum absolute atomic E-state index is 0.157. The van der Waals surface area contributed by atoms with Gasteiger partial charge in [0, 0.05) is 6.08 Å². The summed E-state index contributed by atoms with van der Waals surface area (Å²) in [5, 5.41) is 0. The molecule has 4 heteroatoms. The van der Waals surface area contributed by atoms with Gasteiger partial charge in [0.25, 0.3) is 0 Å². The average molecular weight is 196 g/mol. The number of rotatable bonds is 1. The molecule has 1 spiro atoms. The highest BCUT2D eigenvalue weighted by molar-refractivity contribution is 6.03. The lowest BCUT2D eigenvalue weighted by atomic mass is 10.1. The van der Waals surface area contributed by atoms with Crippen LogP contribution >= 0.6 is 0 Å². The van der Waals surface area contributed by atoms with Gasteiger partial charge in [-0.3, -0.25) is 4.79 Å². The first kappa shape index (κ1) is 9.43. The Morgan fingerprint density at radius 2 is 2.14 bits per heavy atom. The van der Waals surface area contributed by atoms with Crippen molar-refractivity contribution in [3.63, 3.8) is 0 Å². The van der Waals surface area contributed by atoms with Crippen LogP contribution in [-0.4, -0.2) is 31.9 Å². The van der Waals surface area contributed by atoms with E-state index in [0.29, 0.717) is 13.2 Å². The van der Waals surface area contributed by atoms with E-state index in [0.717, 1.165) is 6.42 Å². The van der Waals surface area contributed by atoms with Gasteiger partial charge in [-0.25, -0.2) is 0 Å². The van der Waals surface area contributed by atoms with E-state index in [4.69, 9.17) is 14.2 Å². The number of ether oxygens (including phenoxy) is 3. The number of methoxy groups -OCH3 is 1. The summed E-state index contributed by atoms with van der Waals surface area (Å²) in [5.41, 5.74) is 0.